The fourth-order valence-corrected chi connectivity index (χ4v) is 3.81. The number of rotatable bonds is 6. The van der Waals surface area contributed by atoms with Gasteiger partial charge in [-0.3, -0.25) is 4.79 Å². The topological polar surface area (TPSA) is 57.2 Å². The number of aromatic nitrogens is 1. The van der Waals surface area contributed by atoms with E-state index in [0.717, 1.165) is 45.1 Å². The SMILES string of the molecule is Cc1ccc(OCc2ccccc2)c(-c2ccc(C)n2-c2ccc(C)c(C(N)=O)c2)c1. The zero-order chi connectivity index (χ0) is 22.0. The van der Waals surface area contributed by atoms with Gasteiger partial charge in [-0.15, -0.1) is 0 Å². The van der Waals surface area contributed by atoms with Crippen molar-refractivity contribution in [2.24, 2.45) is 5.73 Å². The van der Waals surface area contributed by atoms with Crippen molar-refractivity contribution in [3.05, 3.63) is 107 Å². The molecule has 0 aliphatic rings. The Balaban J connectivity index is 1.79. The molecule has 2 N–H and O–H groups in total. The standard InChI is InChI=1S/C27H26N2O2/c1-18-9-14-26(31-17-21-7-5-4-6-8-21)24(15-18)25-13-11-20(3)29(25)22-12-10-19(2)23(16-22)27(28)30/h4-16H,17H2,1-3H3,(H2,28,30). The summed E-state index contributed by atoms with van der Waals surface area (Å²) >= 11 is 0. The van der Waals surface area contributed by atoms with Gasteiger partial charge in [-0.05, 0) is 68.3 Å². The van der Waals surface area contributed by atoms with Gasteiger partial charge in [-0.25, -0.2) is 0 Å². The first-order valence-electron chi connectivity index (χ1n) is 10.3. The third-order valence-electron chi connectivity index (χ3n) is 5.47. The van der Waals surface area contributed by atoms with Gasteiger partial charge in [0, 0.05) is 22.5 Å². The lowest BCUT2D eigenvalue weighted by atomic mass is 10.1. The van der Waals surface area contributed by atoms with E-state index >= 15 is 0 Å². The lowest BCUT2D eigenvalue weighted by molar-refractivity contribution is 0.0999. The maximum absolute atomic E-state index is 11.9. The van der Waals surface area contributed by atoms with Gasteiger partial charge in [-0.2, -0.15) is 0 Å². The largest absolute Gasteiger partial charge is 0.488 e. The molecule has 0 bridgehead atoms. The number of nitrogens with zero attached hydrogens (tertiary/aromatic N) is 1. The number of benzene rings is 3. The molecule has 4 rings (SSSR count). The monoisotopic (exact) mass is 410 g/mol. The summed E-state index contributed by atoms with van der Waals surface area (Å²) in [7, 11) is 0. The Bertz CT molecular complexity index is 1240. The lowest BCUT2D eigenvalue weighted by Crippen LogP contribution is -2.13. The van der Waals surface area contributed by atoms with Gasteiger partial charge in [0.15, 0.2) is 0 Å². The number of amides is 1. The Morgan fingerprint density at radius 2 is 1.68 bits per heavy atom. The van der Waals surface area contributed by atoms with Gasteiger partial charge < -0.3 is 15.0 Å². The molecule has 3 aromatic carbocycles. The second kappa shape index (κ2) is 8.52. The smallest absolute Gasteiger partial charge is 0.249 e. The van der Waals surface area contributed by atoms with E-state index in [0.29, 0.717) is 12.2 Å². The quantitative estimate of drug-likeness (QED) is 0.440. The molecule has 31 heavy (non-hydrogen) atoms. The highest BCUT2D eigenvalue weighted by Crippen LogP contribution is 2.35. The van der Waals surface area contributed by atoms with E-state index in [1.54, 1.807) is 0 Å². The number of carbonyl (C=O) groups excluding carboxylic acids is 1. The van der Waals surface area contributed by atoms with Crippen LogP contribution in [0.5, 0.6) is 5.75 Å². The highest BCUT2D eigenvalue weighted by Gasteiger charge is 2.16. The van der Waals surface area contributed by atoms with E-state index in [1.165, 1.54) is 0 Å². The Labute approximate surface area is 182 Å². The van der Waals surface area contributed by atoms with Crippen LogP contribution < -0.4 is 10.5 Å². The molecule has 0 unspecified atom stereocenters. The van der Waals surface area contributed by atoms with E-state index < -0.39 is 5.91 Å². The fourth-order valence-electron chi connectivity index (χ4n) is 3.81. The van der Waals surface area contributed by atoms with Crippen LogP contribution in [0.15, 0.2) is 78.9 Å². The molecule has 0 saturated heterocycles. The number of hydrogen-bond donors (Lipinski definition) is 1. The van der Waals surface area contributed by atoms with Crippen LogP contribution in [-0.2, 0) is 6.61 Å². The van der Waals surface area contributed by atoms with Gasteiger partial charge in [0.25, 0.3) is 0 Å². The Morgan fingerprint density at radius 1 is 0.903 bits per heavy atom. The Kier molecular flexibility index (Phi) is 5.63. The van der Waals surface area contributed by atoms with Crippen LogP contribution in [-0.4, -0.2) is 10.5 Å². The van der Waals surface area contributed by atoms with Crippen LogP contribution in [0.3, 0.4) is 0 Å². The van der Waals surface area contributed by atoms with Crippen LogP contribution in [0.2, 0.25) is 0 Å². The molecule has 0 radical (unpaired) electrons. The molecule has 0 saturated carbocycles. The zero-order valence-electron chi connectivity index (χ0n) is 18.1. The van der Waals surface area contributed by atoms with Crippen molar-refractivity contribution in [1.29, 1.82) is 0 Å². The average molecular weight is 411 g/mol. The van der Waals surface area contributed by atoms with Crippen molar-refractivity contribution < 1.29 is 9.53 Å². The maximum Gasteiger partial charge on any atom is 0.249 e. The first-order valence-corrected chi connectivity index (χ1v) is 10.3. The number of carbonyl (C=O) groups is 1. The van der Waals surface area contributed by atoms with Crippen molar-refractivity contribution in [3.8, 4) is 22.7 Å². The van der Waals surface area contributed by atoms with E-state index in [1.807, 2.05) is 56.3 Å². The molecular formula is C27H26N2O2. The summed E-state index contributed by atoms with van der Waals surface area (Å²) in [5, 5.41) is 0. The molecule has 4 heteroatoms. The molecule has 4 nitrogen and oxygen atoms in total. The third kappa shape index (κ3) is 4.24. The molecule has 0 atom stereocenters. The van der Waals surface area contributed by atoms with Crippen LogP contribution in [0.1, 0.15) is 32.7 Å². The molecule has 4 aromatic rings. The van der Waals surface area contributed by atoms with Gasteiger partial charge in [0.2, 0.25) is 5.91 Å². The van der Waals surface area contributed by atoms with Crippen LogP contribution in [0.25, 0.3) is 16.9 Å². The summed E-state index contributed by atoms with van der Waals surface area (Å²) in [5.41, 5.74) is 13.2. The minimum atomic E-state index is -0.423. The summed E-state index contributed by atoms with van der Waals surface area (Å²) in [4.78, 5) is 11.9. The minimum Gasteiger partial charge on any atom is -0.488 e. The van der Waals surface area contributed by atoms with Crippen molar-refractivity contribution >= 4 is 5.91 Å². The van der Waals surface area contributed by atoms with E-state index in [-0.39, 0.29) is 0 Å². The molecule has 0 fully saturated rings. The van der Waals surface area contributed by atoms with E-state index in [2.05, 4.69) is 47.9 Å². The number of primary amides is 1. The predicted molar refractivity (Wildman–Crippen MR) is 125 cm³/mol. The third-order valence-corrected chi connectivity index (χ3v) is 5.47. The second-order valence-corrected chi connectivity index (χ2v) is 7.83. The molecule has 1 heterocycles. The Hall–Kier alpha value is -3.79. The lowest BCUT2D eigenvalue weighted by Gasteiger charge is -2.17. The molecule has 156 valence electrons. The summed E-state index contributed by atoms with van der Waals surface area (Å²) < 4.78 is 8.36. The van der Waals surface area contributed by atoms with Gasteiger partial charge >= 0.3 is 0 Å². The molecule has 1 aromatic heterocycles. The fraction of sp³-hybridized carbons (Fsp3) is 0.148. The predicted octanol–water partition coefficient (Wildman–Crippen LogP) is 5.75. The highest BCUT2D eigenvalue weighted by atomic mass is 16.5. The summed E-state index contributed by atoms with van der Waals surface area (Å²) in [5.74, 6) is 0.393. The summed E-state index contributed by atoms with van der Waals surface area (Å²) in [6.07, 6.45) is 0. The van der Waals surface area contributed by atoms with Crippen molar-refractivity contribution in [3.63, 3.8) is 0 Å². The van der Waals surface area contributed by atoms with Crippen LogP contribution in [0, 0.1) is 20.8 Å². The van der Waals surface area contributed by atoms with Crippen LogP contribution >= 0.6 is 0 Å². The molecule has 1 amide bonds. The first kappa shape index (κ1) is 20.5. The van der Waals surface area contributed by atoms with Gasteiger partial charge in [-0.1, -0.05) is 48.0 Å². The molecule has 0 spiro atoms. The van der Waals surface area contributed by atoms with Gasteiger partial charge in [0.1, 0.15) is 12.4 Å². The zero-order valence-corrected chi connectivity index (χ0v) is 18.1. The average Bonchev–Trinajstić information content (AvgIpc) is 3.15. The number of ether oxygens (including phenoxy) is 1. The number of nitrogens with two attached hydrogens (primary N) is 1. The number of aryl methyl sites for hydroxylation is 3. The first-order chi connectivity index (χ1) is 14.9. The summed E-state index contributed by atoms with van der Waals surface area (Å²) in [6, 6.07) is 26.3. The summed E-state index contributed by atoms with van der Waals surface area (Å²) in [6.45, 7) is 6.51. The van der Waals surface area contributed by atoms with E-state index in [9.17, 15) is 4.79 Å². The minimum absolute atomic E-state index is 0.423. The Morgan fingerprint density at radius 3 is 2.42 bits per heavy atom. The molecular weight excluding hydrogens is 384 g/mol. The molecule has 0 aliphatic heterocycles. The molecule has 0 aliphatic carbocycles. The van der Waals surface area contributed by atoms with Gasteiger partial charge in [0.05, 0.1) is 5.69 Å². The second-order valence-electron chi connectivity index (χ2n) is 7.83. The maximum atomic E-state index is 11.9. The van der Waals surface area contributed by atoms with E-state index in [4.69, 9.17) is 10.5 Å². The van der Waals surface area contributed by atoms with Crippen molar-refractivity contribution in [2.45, 2.75) is 27.4 Å². The number of hydrogen-bond acceptors (Lipinski definition) is 2. The highest BCUT2D eigenvalue weighted by molar-refractivity contribution is 5.95. The van der Waals surface area contributed by atoms with Crippen molar-refractivity contribution in [1.82, 2.24) is 4.57 Å². The van der Waals surface area contributed by atoms with Crippen LogP contribution in [0.4, 0.5) is 0 Å². The van der Waals surface area contributed by atoms with Crippen molar-refractivity contribution in [2.75, 3.05) is 0 Å². The normalized spacial score (nSPS) is 10.8.